The first kappa shape index (κ1) is 16.7. The van der Waals surface area contributed by atoms with Crippen LogP contribution in [0, 0.1) is 5.92 Å². The zero-order chi connectivity index (χ0) is 17.1. The number of hydrogen-bond donors (Lipinski definition) is 0. The van der Waals surface area contributed by atoms with Crippen molar-refractivity contribution < 1.29 is 4.52 Å². The van der Waals surface area contributed by atoms with Gasteiger partial charge in [0.2, 0.25) is 11.7 Å². The average molecular weight is 341 g/mol. The number of nitrogens with zero attached hydrogens (tertiary/aromatic N) is 2. The first-order valence-corrected chi connectivity index (χ1v) is 8.59. The van der Waals surface area contributed by atoms with Crippen molar-refractivity contribution in [1.82, 2.24) is 10.1 Å². The maximum Gasteiger partial charge on any atom is 0.234 e. The van der Waals surface area contributed by atoms with Crippen molar-refractivity contribution in [1.29, 1.82) is 0 Å². The molecule has 3 rings (SSSR count). The predicted molar refractivity (Wildman–Crippen MR) is 97.2 cm³/mol. The Kier molecular flexibility index (Phi) is 5.00. The molecule has 0 unspecified atom stereocenters. The van der Waals surface area contributed by atoms with Gasteiger partial charge in [-0.25, -0.2) is 0 Å². The summed E-state index contributed by atoms with van der Waals surface area (Å²) in [4.78, 5) is 4.53. The molecule has 1 aromatic heterocycles. The van der Waals surface area contributed by atoms with Crippen LogP contribution >= 0.6 is 11.6 Å². The van der Waals surface area contributed by atoms with Gasteiger partial charge in [-0.2, -0.15) is 4.98 Å². The third-order valence-electron chi connectivity index (χ3n) is 4.02. The number of rotatable bonds is 5. The van der Waals surface area contributed by atoms with E-state index in [4.69, 9.17) is 16.1 Å². The van der Waals surface area contributed by atoms with E-state index in [9.17, 15) is 0 Å². The lowest BCUT2D eigenvalue weighted by Gasteiger charge is -2.09. The van der Waals surface area contributed by atoms with Crippen LogP contribution in [0.25, 0.3) is 11.4 Å². The highest BCUT2D eigenvalue weighted by Crippen LogP contribution is 2.26. The summed E-state index contributed by atoms with van der Waals surface area (Å²) in [5, 5.41) is 4.75. The molecule has 0 N–H and O–H groups in total. The van der Waals surface area contributed by atoms with Gasteiger partial charge in [0.25, 0.3) is 0 Å². The summed E-state index contributed by atoms with van der Waals surface area (Å²) in [5.74, 6) is 1.89. The van der Waals surface area contributed by atoms with Crippen molar-refractivity contribution >= 4 is 11.6 Å². The Balaban J connectivity index is 1.79. The molecule has 2 aromatic carbocycles. The zero-order valence-electron chi connectivity index (χ0n) is 14.2. The molecule has 0 aliphatic rings. The number of hydrogen-bond acceptors (Lipinski definition) is 3. The normalized spacial score (nSPS) is 12.5. The van der Waals surface area contributed by atoms with Crippen molar-refractivity contribution in [3.05, 3.63) is 70.6 Å². The Morgan fingerprint density at radius 3 is 2.46 bits per heavy atom. The standard InChI is InChI=1S/C20H21ClN2O/c1-13(2)11-15-7-9-16(10-8-15)14(3)20-22-19(23-24-20)17-5-4-6-18(21)12-17/h4-10,12-14H,11H2,1-3H3/t14-/m0/s1. The maximum atomic E-state index is 6.02. The molecular formula is C20H21ClN2O. The first-order valence-electron chi connectivity index (χ1n) is 8.21. The number of halogens is 1. The average Bonchev–Trinajstić information content (AvgIpc) is 3.04. The minimum Gasteiger partial charge on any atom is -0.338 e. The molecule has 0 spiro atoms. The molecule has 3 aromatic rings. The zero-order valence-corrected chi connectivity index (χ0v) is 14.9. The highest BCUT2D eigenvalue weighted by molar-refractivity contribution is 6.30. The minimum atomic E-state index is 0.0542. The van der Waals surface area contributed by atoms with Crippen molar-refractivity contribution in [3.8, 4) is 11.4 Å². The fraction of sp³-hybridized carbons (Fsp3) is 0.300. The van der Waals surface area contributed by atoms with Crippen LogP contribution in [-0.2, 0) is 6.42 Å². The van der Waals surface area contributed by atoms with Gasteiger partial charge in [-0.1, -0.05) is 67.0 Å². The van der Waals surface area contributed by atoms with Crippen molar-refractivity contribution in [2.45, 2.75) is 33.1 Å². The lowest BCUT2D eigenvalue weighted by molar-refractivity contribution is 0.371. The third kappa shape index (κ3) is 3.85. The fourth-order valence-electron chi connectivity index (χ4n) is 2.71. The van der Waals surface area contributed by atoms with Crippen LogP contribution in [0.2, 0.25) is 5.02 Å². The first-order chi connectivity index (χ1) is 11.5. The molecule has 0 aliphatic heterocycles. The summed E-state index contributed by atoms with van der Waals surface area (Å²) in [6.45, 7) is 6.53. The molecule has 4 heteroatoms. The van der Waals surface area contributed by atoms with E-state index in [1.54, 1.807) is 0 Å². The van der Waals surface area contributed by atoms with Crippen LogP contribution in [0.3, 0.4) is 0 Å². The van der Waals surface area contributed by atoms with Gasteiger partial charge in [0.15, 0.2) is 0 Å². The monoisotopic (exact) mass is 340 g/mol. The van der Waals surface area contributed by atoms with Gasteiger partial charge in [0.1, 0.15) is 0 Å². The smallest absolute Gasteiger partial charge is 0.234 e. The van der Waals surface area contributed by atoms with Gasteiger partial charge in [-0.05, 0) is 42.5 Å². The van der Waals surface area contributed by atoms with E-state index < -0.39 is 0 Å². The largest absolute Gasteiger partial charge is 0.338 e. The molecular weight excluding hydrogens is 320 g/mol. The Morgan fingerprint density at radius 1 is 1.04 bits per heavy atom. The van der Waals surface area contributed by atoms with Crippen molar-refractivity contribution in [2.75, 3.05) is 0 Å². The SMILES string of the molecule is CC(C)Cc1ccc([C@H](C)c2nc(-c3cccc(Cl)c3)no2)cc1. The van der Waals surface area contributed by atoms with E-state index in [2.05, 4.69) is 55.2 Å². The van der Waals surface area contributed by atoms with Crippen LogP contribution in [0.1, 0.15) is 43.7 Å². The molecule has 0 aliphatic carbocycles. The van der Waals surface area contributed by atoms with Crippen LogP contribution in [0.15, 0.2) is 53.1 Å². The summed E-state index contributed by atoms with van der Waals surface area (Å²) in [7, 11) is 0. The number of benzene rings is 2. The van der Waals surface area contributed by atoms with E-state index in [0.717, 1.165) is 12.0 Å². The highest BCUT2D eigenvalue weighted by Gasteiger charge is 2.17. The van der Waals surface area contributed by atoms with Crippen LogP contribution in [0.4, 0.5) is 0 Å². The Morgan fingerprint density at radius 2 is 1.79 bits per heavy atom. The van der Waals surface area contributed by atoms with Crippen LogP contribution < -0.4 is 0 Å². The van der Waals surface area contributed by atoms with Crippen molar-refractivity contribution in [2.24, 2.45) is 5.92 Å². The summed E-state index contributed by atoms with van der Waals surface area (Å²) in [5.41, 5.74) is 3.38. The van der Waals surface area contributed by atoms with Crippen LogP contribution in [-0.4, -0.2) is 10.1 Å². The van der Waals surface area contributed by atoms with Crippen molar-refractivity contribution in [3.63, 3.8) is 0 Å². The van der Waals surface area contributed by atoms with E-state index in [-0.39, 0.29) is 5.92 Å². The maximum absolute atomic E-state index is 6.02. The van der Waals surface area contributed by atoms with Gasteiger partial charge in [0, 0.05) is 10.6 Å². The molecule has 1 heterocycles. The summed E-state index contributed by atoms with van der Waals surface area (Å²) in [6.07, 6.45) is 1.09. The Bertz CT molecular complexity index is 809. The molecule has 1 atom stereocenters. The molecule has 3 nitrogen and oxygen atoms in total. The second kappa shape index (κ2) is 7.18. The van der Waals surface area contributed by atoms with Gasteiger partial charge in [-0.3, -0.25) is 0 Å². The van der Waals surface area contributed by atoms with E-state index >= 15 is 0 Å². The second-order valence-corrected chi connectivity index (χ2v) is 6.96. The molecule has 0 saturated heterocycles. The van der Waals surface area contributed by atoms with E-state index in [1.807, 2.05) is 24.3 Å². The van der Waals surface area contributed by atoms with Gasteiger partial charge < -0.3 is 4.52 Å². The lowest BCUT2D eigenvalue weighted by Crippen LogP contribution is -1.98. The predicted octanol–water partition coefficient (Wildman–Crippen LogP) is 5.74. The van der Waals surface area contributed by atoms with E-state index in [1.165, 1.54) is 11.1 Å². The summed E-state index contributed by atoms with van der Waals surface area (Å²) < 4.78 is 5.47. The number of aromatic nitrogens is 2. The molecule has 24 heavy (non-hydrogen) atoms. The molecule has 0 amide bonds. The van der Waals surface area contributed by atoms with Gasteiger partial charge >= 0.3 is 0 Å². The van der Waals surface area contributed by atoms with Gasteiger partial charge in [0.05, 0.1) is 5.92 Å². The summed E-state index contributed by atoms with van der Waals surface area (Å²) >= 11 is 6.02. The molecule has 124 valence electrons. The fourth-order valence-corrected chi connectivity index (χ4v) is 2.90. The minimum absolute atomic E-state index is 0.0542. The quantitative estimate of drug-likeness (QED) is 0.594. The molecule has 0 saturated carbocycles. The third-order valence-corrected chi connectivity index (χ3v) is 4.25. The Labute approximate surface area is 147 Å². The second-order valence-electron chi connectivity index (χ2n) is 6.53. The van der Waals surface area contributed by atoms with E-state index in [0.29, 0.717) is 22.7 Å². The molecule has 0 bridgehead atoms. The molecule has 0 fully saturated rings. The highest BCUT2D eigenvalue weighted by atomic mass is 35.5. The van der Waals surface area contributed by atoms with Gasteiger partial charge in [-0.15, -0.1) is 0 Å². The summed E-state index contributed by atoms with van der Waals surface area (Å²) in [6, 6.07) is 16.1. The molecule has 0 radical (unpaired) electrons. The Hall–Kier alpha value is -2.13. The topological polar surface area (TPSA) is 38.9 Å². The van der Waals surface area contributed by atoms with Crippen LogP contribution in [0.5, 0.6) is 0 Å². The lowest BCUT2D eigenvalue weighted by atomic mass is 9.97.